The Morgan fingerprint density at radius 3 is 1.29 bits per heavy atom. The SMILES string of the molecule is O=S(=O)([O-])c1ccc(C[NH+]2C=C[N+](CCCCCC[N+]3=C[NH+](Cc4ccc(S(=O)(=O)[O-])cc4)C=C3)=C2)cc1. The quantitative estimate of drug-likeness (QED) is 0.195. The predicted octanol–water partition coefficient (Wildman–Crippen LogP) is -0.424. The first-order valence-corrected chi connectivity index (χ1v) is 15.3. The third-order valence-corrected chi connectivity index (χ3v) is 8.15. The van der Waals surface area contributed by atoms with Gasteiger partial charge in [-0.3, -0.25) is 0 Å². The topological polar surface area (TPSA) is 129 Å². The second-order valence-corrected chi connectivity index (χ2v) is 12.2. The van der Waals surface area contributed by atoms with E-state index in [1.54, 1.807) is 24.3 Å². The van der Waals surface area contributed by atoms with Gasteiger partial charge in [-0.2, -0.15) is 9.15 Å². The van der Waals surface area contributed by atoms with Crippen molar-refractivity contribution < 1.29 is 44.9 Å². The second kappa shape index (κ2) is 12.2. The first-order valence-electron chi connectivity index (χ1n) is 12.5. The monoisotopic (exact) mass is 560 g/mol. The summed E-state index contributed by atoms with van der Waals surface area (Å²) in [7, 11) is -8.83. The maximum Gasteiger partial charge on any atom is 0.335 e. The Balaban J connectivity index is 1.11. The van der Waals surface area contributed by atoms with Crippen molar-refractivity contribution >= 4 is 32.9 Å². The molecule has 2 aliphatic rings. The van der Waals surface area contributed by atoms with Crippen LogP contribution in [0.5, 0.6) is 0 Å². The molecule has 2 heterocycles. The molecule has 2 atom stereocenters. The lowest BCUT2D eigenvalue weighted by Crippen LogP contribution is -3.04. The molecule has 202 valence electrons. The molecule has 0 bridgehead atoms. The van der Waals surface area contributed by atoms with Crippen LogP contribution in [-0.4, -0.2) is 60.9 Å². The van der Waals surface area contributed by atoms with Gasteiger partial charge in [0.25, 0.3) is 0 Å². The number of rotatable bonds is 13. The molecule has 2 aliphatic heterocycles. The number of quaternary nitrogens is 2. The second-order valence-electron chi connectivity index (χ2n) is 9.48. The van der Waals surface area contributed by atoms with Crippen molar-refractivity contribution in [2.45, 2.75) is 48.6 Å². The summed E-state index contributed by atoms with van der Waals surface area (Å²) in [4.78, 5) is 1.86. The fourth-order valence-electron chi connectivity index (χ4n) is 4.43. The zero-order chi connectivity index (χ0) is 27.2. The first kappa shape index (κ1) is 28.0. The van der Waals surface area contributed by atoms with E-state index >= 15 is 0 Å². The van der Waals surface area contributed by atoms with Gasteiger partial charge >= 0.3 is 12.7 Å². The summed E-state index contributed by atoms with van der Waals surface area (Å²) in [6.45, 7) is 3.23. The minimum absolute atomic E-state index is 0.208. The molecule has 0 fully saturated rings. The molecule has 2 aromatic rings. The van der Waals surface area contributed by atoms with Crippen LogP contribution in [0.25, 0.3) is 0 Å². The molecule has 10 nitrogen and oxygen atoms in total. The van der Waals surface area contributed by atoms with Crippen LogP contribution in [0.2, 0.25) is 0 Å². The van der Waals surface area contributed by atoms with Gasteiger partial charge in [0.1, 0.15) is 33.3 Å². The molecule has 0 radical (unpaired) electrons. The standard InChI is InChI=1S/C26H30N4O6S2/c31-37(32,33)25-9-5-23(6-10-25)19-29-17-15-27(21-29)13-3-1-2-4-14-28-16-18-30(22-28)20-24-7-11-26(12-8-24)38(34,35)36/h5-12,15-18,21-22H,1-4,13-14,19-20H2/p+2. The third-order valence-electron chi connectivity index (χ3n) is 6.45. The number of unbranched alkanes of at least 4 members (excludes halogenated alkanes) is 3. The highest BCUT2D eigenvalue weighted by molar-refractivity contribution is 7.86. The minimum atomic E-state index is -4.42. The van der Waals surface area contributed by atoms with Crippen molar-refractivity contribution in [3.63, 3.8) is 0 Å². The Labute approximate surface area is 223 Å². The molecular formula is C26H32N4O6S2+2. The molecule has 0 saturated heterocycles. The van der Waals surface area contributed by atoms with E-state index < -0.39 is 20.2 Å². The van der Waals surface area contributed by atoms with Crippen LogP contribution >= 0.6 is 0 Å². The molecule has 0 aromatic heterocycles. The van der Waals surface area contributed by atoms with Crippen molar-refractivity contribution in [2.24, 2.45) is 0 Å². The molecule has 0 amide bonds. The van der Waals surface area contributed by atoms with E-state index in [0.717, 1.165) is 59.7 Å². The van der Waals surface area contributed by atoms with Gasteiger partial charge in [0.05, 0.1) is 9.79 Å². The van der Waals surface area contributed by atoms with Gasteiger partial charge in [-0.15, -0.1) is 0 Å². The zero-order valence-corrected chi connectivity index (χ0v) is 22.5. The number of nitrogens with zero attached hydrogens (tertiary/aromatic N) is 2. The molecule has 0 saturated carbocycles. The Morgan fingerprint density at radius 1 is 0.579 bits per heavy atom. The maximum absolute atomic E-state index is 11.1. The average molecular weight is 561 g/mol. The average Bonchev–Trinajstić information content (AvgIpc) is 3.50. The fourth-order valence-corrected chi connectivity index (χ4v) is 5.37. The zero-order valence-electron chi connectivity index (χ0n) is 20.9. The van der Waals surface area contributed by atoms with Crippen LogP contribution in [0.3, 0.4) is 0 Å². The number of hydrogen-bond acceptors (Lipinski definition) is 6. The van der Waals surface area contributed by atoms with E-state index in [2.05, 4.69) is 46.6 Å². The summed E-state index contributed by atoms with van der Waals surface area (Å²) >= 11 is 0. The van der Waals surface area contributed by atoms with Crippen LogP contribution < -0.4 is 9.80 Å². The summed E-state index contributed by atoms with van der Waals surface area (Å²) < 4.78 is 70.7. The Kier molecular flexibility index (Phi) is 9.03. The van der Waals surface area contributed by atoms with E-state index in [9.17, 15) is 25.9 Å². The summed E-state index contributed by atoms with van der Waals surface area (Å²) in [6, 6.07) is 12.1. The molecular weight excluding hydrogens is 528 g/mol. The van der Waals surface area contributed by atoms with Crippen LogP contribution in [0.1, 0.15) is 36.8 Å². The smallest absolute Gasteiger partial charge is 0.335 e. The van der Waals surface area contributed by atoms with E-state index in [1.807, 2.05) is 0 Å². The molecule has 0 aliphatic carbocycles. The van der Waals surface area contributed by atoms with Gasteiger partial charge in [0.2, 0.25) is 12.4 Å². The Bertz CT molecular complexity index is 1350. The number of nitrogens with one attached hydrogen (secondary N) is 2. The largest absolute Gasteiger partial charge is 0.744 e. The minimum Gasteiger partial charge on any atom is -0.744 e. The van der Waals surface area contributed by atoms with E-state index in [4.69, 9.17) is 0 Å². The lowest BCUT2D eigenvalue weighted by molar-refractivity contribution is -0.765. The lowest BCUT2D eigenvalue weighted by atomic mass is 10.2. The van der Waals surface area contributed by atoms with Crippen molar-refractivity contribution in [1.29, 1.82) is 0 Å². The number of benzene rings is 2. The van der Waals surface area contributed by atoms with E-state index in [0.29, 0.717) is 13.1 Å². The molecule has 0 spiro atoms. The summed E-state index contributed by atoms with van der Waals surface area (Å²) in [6.07, 6.45) is 16.8. The van der Waals surface area contributed by atoms with E-state index in [1.165, 1.54) is 24.3 Å². The first-order chi connectivity index (χ1) is 18.1. The van der Waals surface area contributed by atoms with E-state index in [-0.39, 0.29) is 9.79 Å². The normalized spacial score (nSPS) is 19.1. The highest BCUT2D eigenvalue weighted by Gasteiger charge is 2.20. The van der Waals surface area contributed by atoms with Crippen molar-refractivity contribution in [3.05, 3.63) is 84.5 Å². The predicted molar refractivity (Wildman–Crippen MR) is 137 cm³/mol. The van der Waals surface area contributed by atoms with Gasteiger partial charge in [0.15, 0.2) is 25.5 Å². The molecule has 2 unspecified atom stereocenters. The van der Waals surface area contributed by atoms with Crippen LogP contribution in [-0.2, 0) is 33.3 Å². The third kappa shape index (κ3) is 8.25. The summed E-state index contributed by atoms with van der Waals surface area (Å²) in [5.41, 5.74) is 1.91. The highest BCUT2D eigenvalue weighted by Crippen LogP contribution is 2.10. The number of hydrogen-bond donors (Lipinski definition) is 2. The van der Waals surface area contributed by atoms with Crippen molar-refractivity contribution in [2.75, 3.05) is 13.1 Å². The van der Waals surface area contributed by atoms with Crippen molar-refractivity contribution in [3.8, 4) is 0 Å². The maximum atomic E-state index is 11.1. The van der Waals surface area contributed by atoms with Gasteiger partial charge in [-0.05, 0) is 37.1 Å². The Morgan fingerprint density at radius 2 is 0.947 bits per heavy atom. The van der Waals surface area contributed by atoms with Crippen LogP contribution in [0.4, 0.5) is 0 Å². The van der Waals surface area contributed by atoms with Gasteiger partial charge in [-0.25, -0.2) is 26.6 Å². The molecule has 38 heavy (non-hydrogen) atoms. The lowest BCUT2D eigenvalue weighted by Gasteiger charge is -2.08. The molecule has 12 heteroatoms. The highest BCUT2D eigenvalue weighted by atomic mass is 32.2. The summed E-state index contributed by atoms with van der Waals surface area (Å²) in [5.74, 6) is 0. The van der Waals surface area contributed by atoms with Gasteiger partial charge in [0, 0.05) is 24.0 Å². The Hall–Kier alpha value is -3.00. The van der Waals surface area contributed by atoms with Gasteiger partial charge in [-0.1, -0.05) is 24.3 Å². The molecule has 4 rings (SSSR count). The summed E-state index contributed by atoms with van der Waals surface area (Å²) in [5, 5.41) is 0. The molecule has 2 aromatic carbocycles. The van der Waals surface area contributed by atoms with Crippen molar-refractivity contribution in [1.82, 2.24) is 0 Å². The molecule has 2 N–H and O–H groups in total. The van der Waals surface area contributed by atoms with Crippen LogP contribution in [0, 0.1) is 0 Å². The van der Waals surface area contributed by atoms with Gasteiger partial charge < -0.3 is 9.11 Å². The fraction of sp³-hybridized carbons (Fsp3) is 0.308. The van der Waals surface area contributed by atoms with Crippen LogP contribution in [0.15, 0.2) is 83.1 Å².